The van der Waals surface area contributed by atoms with Gasteiger partial charge in [0, 0.05) is 42.6 Å². The molecular formula is C28H27N7O. The molecule has 36 heavy (non-hydrogen) atoms. The first-order valence-corrected chi connectivity index (χ1v) is 12.1. The molecule has 1 aliphatic heterocycles. The summed E-state index contributed by atoms with van der Waals surface area (Å²) in [7, 11) is 0. The molecule has 1 N–H and O–H groups in total. The first-order chi connectivity index (χ1) is 17.6. The van der Waals surface area contributed by atoms with Gasteiger partial charge in [0.05, 0.1) is 11.0 Å². The zero-order chi connectivity index (χ0) is 24.6. The Morgan fingerprint density at radius 3 is 2.72 bits per heavy atom. The number of para-hydroxylation sites is 2. The third-order valence-corrected chi connectivity index (χ3v) is 6.75. The maximum atomic E-state index is 13.4. The van der Waals surface area contributed by atoms with E-state index in [-0.39, 0.29) is 11.9 Å². The maximum absolute atomic E-state index is 13.4. The fraction of sp³-hybridized carbons (Fsp3) is 0.214. The van der Waals surface area contributed by atoms with Crippen LogP contribution in [0.1, 0.15) is 22.8 Å². The van der Waals surface area contributed by atoms with Crippen molar-refractivity contribution in [3.63, 3.8) is 0 Å². The summed E-state index contributed by atoms with van der Waals surface area (Å²) >= 11 is 0. The number of nitrogens with zero attached hydrogens (tertiary/aromatic N) is 6. The van der Waals surface area contributed by atoms with Crippen molar-refractivity contribution in [3.8, 4) is 0 Å². The molecule has 3 heterocycles. The molecule has 2 aromatic heterocycles. The van der Waals surface area contributed by atoms with Crippen LogP contribution in [-0.2, 0) is 0 Å². The number of hydrogen-bond donors (Lipinski definition) is 1. The van der Waals surface area contributed by atoms with E-state index in [1.54, 1.807) is 6.33 Å². The molecule has 180 valence electrons. The van der Waals surface area contributed by atoms with E-state index in [9.17, 15) is 4.79 Å². The molecule has 0 saturated carbocycles. The molecule has 8 heteroatoms. The molecule has 1 amide bonds. The molecular weight excluding hydrogens is 450 g/mol. The van der Waals surface area contributed by atoms with Crippen LogP contribution < -0.4 is 10.2 Å². The highest BCUT2D eigenvalue weighted by atomic mass is 16.2. The van der Waals surface area contributed by atoms with Crippen LogP contribution in [0.4, 0.5) is 17.2 Å². The summed E-state index contributed by atoms with van der Waals surface area (Å²) in [5.74, 6) is 0.629. The molecule has 5 aromatic rings. The molecule has 0 unspecified atom stereocenters. The Labute approximate surface area is 209 Å². The minimum atomic E-state index is 0.0356. The fourth-order valence-corrected chi connectivity index (χ4v) is 4.97. The molecule has 0 radical (unpaired) electrons. The quantitative estimate of drug-likeness (QED) is 0.405. The largest absolute Gasteiger partial charge is 0.365 e. The Morgan fingerprint density at radius 1 is 1.00 bits per heavy atom. The summed E-state index contributed by atoms with van der Waals surface area (Å²) < 4.78 is 1.91. The number of aryl methyl sites for hydroxylation is 1. The molecule has 1 aliphatic rings. The molecule has 0 aliphatic carbocycles. The van der Waals surface area contributed by atoms with E-state index in [1.165, 1.54) is 11.3 Å². The van der Waals surface area contributed by atoms with Gasteiger partial charge < -0.3 is 15.1 Å². The lowest BCUT2D eigenvalue weighted by molar-refractivity contribution is 0.0726. The molecule has 6 rings (SSSR count). The van der Waals surface area contributed by atoms with E-state index in [0.29, 0.717) is 30.1 Å². The van der Waals surface area contributed by atoms with Crippen LogP contribution in [0.15, 0.2) is 79.1 Å². The Bertz CT molecular complexity index is 1580. The van der Waals surface area contributed by atoms with E-state index in [1.807, 2.05) is 57.8 Å². The molecule has 3 aromatic carbocycles. The topological polar surface area (TPSA) is 78.7 Å². The third-order valence-electron chi connectivity index (χ3n) is 6.75. The number of carbonyl (C=O) groups is 1. The first kappa shape index (κ1) is 22.0. The van der Waals surface area contributed by atoms with Crippen molar-refractivity contribution in [1.82, 2.24) is 24.5 Å². The lowest BCUT2D eigenvalue weighted by Crippen LogP contribution is -2.53. The van der Waals surface area contributed by atoms with Crippen molar-refractivity contribution < 1.29 is 4.79 Å². The second-order valence-corrected chi connectivity index (χ2v) is 9.31. The lowest BCUT2D eigenvalue weighted by Gasteiger charge is -2.41. The van der Waals surface area contributed by atoms with E-state index < -0.39 is 0 Å². The van der Waals surface area contributed by atoms with Crippen molar-refractivity contribution in [2.24, 2.45) is 0 Å². The van der Waals surface area contributed by atoms with Gasteiger partial charge in [-0.25, -0.2) is 4.98 Å². The van der Waals surface area contributed by atoms with Gasteiger partial charge in [-0.1, -0.05) is 30.3 Å². The minimum Gasteiger partial charge on any atom is -0.365 e. The Hall–Kier alpha value is -4.46. The van der Waals surface area contributed by atoms with Crippen LogP contribution >= 0.6 is 0 Å². The number of rotatable bonds is 4. The monoisotopic (exact) mass is 477 g/mol. The van der Waals surface area contributed by atoms with Gasteiger partial charge in [0.2, 0.25) is 5.65 Å². The van der Waals surface area contributed by atoms with Crippen molar-refractivity contribution in [2.75, 3.05) is 29.9 Å². The molecule has 0 spiro atoms. The number of carbonyl (C=O) groups excluding carboxylic acids is 1. The van der Waals surface area contributed by atoms with Crippen molar-refractivity contribution in [2.45, 2.75) is 19.9 Å². The number of anilines is 3. The van der Waals surface area contributed by atoms with Gasteiger partial charge >= 0.3 is 0 Å². The summed E-state index contributed by atoms with van der Waals surface area (Å²) in [4.78, 5) is 22.5. The number of nitrogens with one attached hydrogen (secondary N) is 1. The van der Waals surface area contributed by atoms with Crippen LogP contribution in [0.3, 0.4) is 0 Å². The van der Waals surface area contributed by atoms with Crippen molar-refractivity contribution >= 4 is 39.8 Å². The first-order valence-electron chi connectivity index (χ1n) is 12.1. The number of amides is 1. The predicted molar refractivity (Wildman–Crippen MR) is 142 cm³/mol. The van der Waals surface area contributed by atoms with E-state index in [2.05, 4.69) is 58.5 Å². The van der Waals surface area contributed by atoms with Gasteiger partial charge in [-0.3, -0.25) is 9.20 Å². The molecule has 1 fully saturated rings. The van der Waals surface area contributed by atoms with E-state index in [4.69, 9.17) is 4.98 Å². The number of fused-ring (bicyclic) bond motifs is 3. The summed E-state index contributed by atoms with van der Waals surface area (Å²) in [6.45, 7) is 6.45. The summed E-state index contributed by atoms with van der Waals surface area (Å²) in [5.41, 5.74) is 6.28. The van der Waals surface area contributed by atoms with Gasteiger partial charge in [-0.15, -0.1) is 10.2 Å². The van der Waals surface area contributed by atoms with Gasteiger partial charge in [-0.05, 0) is 61.9 Å². The minimum absolute atomic E-state index is 0.0356. The standard InChI is InChI=1S/C28H27N7O/c1-19-7-5-10-23(15-19)34-14-13-33(17-20(34)2)28(36)21-8-6-9-22(16-21)30-26-27-32-29-18-35(27)25-12-4-3-11-24(25)31-26/h3-12,15-16,18,20H,13-14,17H2,1-2H3,(H,30,31)/t20-/m1/s1. The van der Waals surface area contributed by atoms with Gasteiger partial charge in [0.1, 0.15) is 6.33 Å². The average molecular weight is 478 g/mol. The lowest BCUT2D eigenvalue weighted by atomic mass is 10.1. The van der Waals surface area contributed by atoms with Crippen LogP contribution in [0.5, 0.6) is 0 Å². The highest BCUT2D eigenvalue weighted by Crippen LogP contribution is 2.25. The number of piperazine rings is 1. The zero-order valence-electron chi connectivity index (χ0n) is 20.3. The van der Waals surface area contributed by atoms with Crippen LogP contribution in [0.25, 0.3) is 16.7 Å². The molecule has 8 nitrogen and oxygen atoms in total. The molecule has 0 bridgehead atoms. The van der Waals surface area contributed by atoms with E-state index in [0.717, 1.165) is 23.3 Å². The Kier molecular flexibility index (Phi) is 5.48. The smallest absolute Gasteiger partial charge is 0.254 e. The summed E-state index contributed by atoms with van der Waals surface area (Å²) in [6.07, 6.45) is 1.68. The second-order valence-electron chi connectivity index (χ2n) is 9.31. The number of benzene rings is 3. The second kappa shape index (κ2) is 8.96. The maximum Gasteiger partial charge on any atom is 0.254 e. The Balaban J connectivity index is 1.22. The van der Waals surface area contributed by atoms with E-state index >= 15 is 0 Å². The summed E-state index contributed by atoms with van der Waals surface area (Å²) in [5, 5.41) is 11.7. The number of hydrogen-bond acceptors (Lipinski definition) is 6. The summed E-state index contributed by atoms with van der Waals surface area (Å²) in [6, 6.07) is 24.2. The van der Waals surface area contributed by atoms with Gasteiger partial charge in [0.25, 0.3) is 5.91 Å². The Morgan fingerprint density at radius 2 is 1.86 bits per heavy atom. The molecule has 1 atom stereocenters. The average Bonchev–Trinajstić information content (AvgIpc) is 3.39. The van der Waals surface area contributed by atoms with Crippen molar-refractivity contribution in [1.29, 1.82) is 0 Å². The van der Waals surface area contributed by atoms with Gasteiger partial charge in [-0.2, -0.15) is 0 Å². The fourth-order valence-electron chi connectivity index (χ4n) is 4.97. The van der Waals surface area contributed by atoms with Crippen molar-refractivity contribution in [3.05, 3.63) is 90.3 Å². The van der Waals surface area contributed by atoms with Crippen LogP contribution in [0, 0.1) is 6.92 Å². The number of aromatic nitrogens is 4. The van der Waals surface area contributed by atoms with Gasteiger partial charge in [0.15, 0.2) is 5.82 Å². The van der Waals surface area contributed by atoms with Crippen LogP contribution in [-0.4, -0.2) is 56.1 Å². The third kappa shape index (κ3) is 4.00. The highest BCUT2D eigenvalue weighted by molar-refractivity contribution is 5.95. The highest BCUT2D eigenvalue weighted by Gasteiger charge is 2.27. The van der Waals surface area contributed by atoms with Crippen LogP contribution in [0.2, 0.25) is 0 Å². The zero-order valence-corrected chi connectivity index (χ0v) is 20.3. The SMILES string of the molecule is Cc1cccc(N2CCN(C(=O)c3cccc(Nc4nc5ccccc5n5cnnc45)c3)C[C@H]2C)c1. The predicted octanol–water partition coefficient (Wildman–Crippen LogP) is 4.68. The normalized spacial score (nSPS) is 16.0. The molecule has 1 saturated heterocycles.